The van der Waals surface area contributed by atoms with E-state index < -0.39 is 0 Å². The molecule has 35 heavy (non-hydrogen) atoms. The maximum Gasteiger partial charge on any atom is 0.276 e. The topological polar surface area (TPSA) is 87.7 Å². The van der Waals surface area contributed by atoms with Gasteiger partial charge in [0.1, 0.15) is 5.76 Å². The molecule has 1 aliphatic carbocycles. The second kappa shape index (κ2) is 8.87. The zero-order valence-electron chi connectivity index (χ0n) is 20.0. The van der Waals surface area contributed by atoms with E-state index >= 15 is 0 Å². The molecular formula is C26H30N6O3. The van der Waals surface area contributed by atoms with Gasteiger partial charge in [0.25, 0.3) is 11.8 Å². The Labute approximate surface area is 204 Å². The average Bonchev–Trinajstić information content (AvgIpc) is 3.53. The molecule has 2 fully saturated rings. The van der Waals surface area contributed by atoms with Crippen LogP contribution in [0.15, 0.2) is 40.9 Å². The van der Waals surface area contributed by atoms with Crippen LogP contribution < -0.4 is 4.90 Å². The second-order valence-corrected chi connectivity index (χ2v) is 9.57. The fourth-order valence-electron chi connectivity index (χ4n) is 5.17. The van der Waals surface area contributed by atoms with Crippen molar-refractivity contribution in [3.8, 4) is 0 Å². The third-order valence-electron chi connectivity index (χ3n) is 7.34. The summed E-state index contributed by atoms with van der Waals surface area (Å²) in [6.45, 7) is 6.53. The number of piperazine rings is 1. The van der Waals surface area contributed by atoms with Crippen molar-refractivity contribution in [3.05, 3.63) is 64.8 Å². The fourth-order valence-corrected chi connectivity index (χ4v) is 5.17. The third-order valence-corrected chi connectivity index (χ3v) is 7.34. The Balaban J connectivity index is 1.19. The number of hydrogen-bond acceptors (Lipinski definition) is 6. The van der Waals surface area contributed by atoms with Crippen molar-refractivity contribution >= 4 is 17.5 Å². The van der Waals surface area contributed by atoms with Crippen molar-refractivity contribution in [2.45, 2.75) is 45.2 Å². The van der Waals surface area contributed by atoms with Gasteiger partial charge in [0.15, 0.2) is 11.4 Å². The summed E-state index contributed by atoms with van der Waals surface area (Å²) in [4.78, 5) is 32.7. The Hall–Kier alpha value is -3.62. The standard InChI is InChI=1S/C26H30N6O3/c1-2-32-22-10-11-31(25(33)21-16-23(35-28-21)18-8-9-18)17-20(22)24(27-32)26(34)30-14-12-29(13-15-30)19-6-4-3-5-7-19/h3-7,16,18H,2,8-15,17H2,1H3. The molecule has 0 radical (unpaired) electrons. The molecule has 0 N–H and O–H groups in total. The molecule has 9 nitrogen and oxygen atoms in total. The minimum atomic E-state index is -0.148. The Bertz CT molecular complexity index is 1240. The number of aryl methyl sites for hydroxylation is 1. The number of aromatic nitrogens is 3. The molecule has 6 rings (SSSR count). The van der Waals surface area contributed by atoms with Crippen LogP contribution in [-0.2, 0) is 19.5 Å². The van der Waals surface area contributed by atoms with E-state index in [0.29, 0.717) is 56.5 Å². The summed E-state index contributed by atoms with van der Waals surface area (Å²) in [7, 11) is 0. The molecular weight excluding hydrogens is 444 g/mol. The van der Waals surface area contributed by atoms with E-state index in [9.17, 15) is 9.59 Å². The SMILES string of the molecule is CCn1nc(C(=O)N2CCN(c3ccccc3)CC2)c2c1CCN(C(=O)c1cc(C3CC3)on1)C2. The van der Waals surface area contributed by atoms with Crippen molar-refractivity contribution in [2.24, 2.45) is 0 Å². The van der Waals surface area contributed by atoms with Gasteiger partial charge < -0.3 is 19.2 Å². The number of amides is 2. The minimum Gasteiger partial charge on any atom is -0.368 e. The van der Waals surface area contributed by atoms with E-state index in [4.69, 9.17) is 9.62 Å². The largest absolute Gasteiger partial charge is 0.368 e. The summed E-state index contributed by atoms with van der Waals surface area (Å²) in [5.74, 6) is 1.01. The van der Waals surface area contributed by atoms with Gasteiger partial charge in [-0.3, -0.25) is 14.3 Å². The van der Waals surface area contributed by atoms with Crippen molar-refractivity contribution in [2.75, 3.05) is 37.6 Å². The van der Waals surface area contributed by atoms with Crippen LogP contribution in [0.5, 0.6) is 0 Å². The maximum absolute atomic E-state index is 13.6. The first-order valence-corrected chi connectivity index (χ1v) is 12.6. The van der Waals surface area contributed by atoms with Crippen LogP contribution in [-0.4, -0.2) is 69.3 Å². The van der Waals surface area contributed by atoms with Gasteiger partial charge >= 0.3 is 0 Å². The predicted molar refractivity (Wildman–Crippen MR) is 129 cm³/mol. The van der Waals surface area contributed by atoms with E-state index in [1.807, 2.05) is 34.7 Å². The van der Waals surface area contributed by atoms with Crippen LogP contribution in [0.2, 0.25) is 0 Å². The Morgan fingerprint density at radius 3 is 2.49 bits per heavy atom. The molecule has 0 atom stereocenters. The molecule has 2 amide bonds. The molecule has 2 aliphatic heterocycles. The maximum atomic E-state index is 13.6. The van der Waals surface area contributed by atoms with Crippen molar-refractivity contribution < 1.29 is 14.1 Å². The quantitative estimate of drug-likeness (QED) is 0.565. The molecule has 1 saturated heterocycles. The van der Waals surface area contributed by atoms with Gasteiger partial charge in [0, 0.05) is 74.6 Å². The Morgan fingerprint density at radius 1 is 1.00 bits per heavy atom. The third kappa shape index (κ3) is 4.09. The summed E-state index contributed by atoms with van der Waals surface area (Å²) in [5, 5.41) is 8.73. The van der Waals surface area contributed by atoms with Crippen LogP contribution in [0.4, 0.5) is 5.69 Å². The molecule has 1 aromatic carbocycles. The van der Waals surface area contributed by atoms with Gasteiger partial charge in [-0.2, -0.15) is 5.10 Å². The molecule has 1 saturated carbocycles. The summed E-state index contributed by atoms with van der Waals surface area (Å²) in [5.41, 5.74) is 3.93. The summed E-state index contributed by atoms with van der Waals surface area (Å²) in [6, 6.07) is 12.1. The number of anilines is 1. The fraction of sp³-hybridized carbons (Fsp3) is 0.462. The highest BCUT2D eigenvalue weighted by atomic mass is 16.5. The first kappa shape index (κ1) is 21.9. The number of carbonyl (C=O) groups is 2. The predicted octanol–water partition coefficient (Wildman–Crippen LogP) is 2.93. The molecule has 0 unspecified atom stereocenters. The summed E-state index contributed by atoms with van der Waals surface area (Å²) in [6.07, 6.45) is 2.86. The second-order valence-electron chi connectivity index (χ2n) is 9.57. The van der Waals surface area contributed by atoms with Crippen LogP contribution in [0.1, 0.15) is 63.7 Å². The average molecular weight is 475 g/mol. The van der Waals surface area contributed by atoms with E-state index in [0.717, 1.165) is 42.9 Å². The number of rotatable bonds is 5. The summed E-state index contributed by atoms with van der Waals surface area (Å²) < 4.78 is 7.32. The van der Waals surface area contributed by atoms with Crippen molar-refractivity contribution in [1.29, 1.82) is 0 Å². The van der Waals surface area contributed by atoms with E-state index in [2.05, 4.69) is 22.2 Å². The van der Waals surface area contributed by atoms with E-state index in [1.54, 1.807) is 11.0 Å². The van der Waals surface area contributed by atoms with Gasteiger partial charge in [-0.25, -0.2) is 0 Å². The smallest absolute Gasteiger partial charge is 0.276 e. The van der Waals surface area contributed by atoms with E-state index in [1.165, 1.54) is 5.69 Å². The van der Waals surface area contributed by atoms with Gasteiger partial charge in [-0.1, -0.05) is 23.4 Å². The molecule has 2 aromatic heterocycles. The highest BCUT2D eigenvalue weighted by Crippen LogP contribution is 2.40. The van der Waals surface area contributed by atoms with Crippen molar-refractivity contribution in [1.82, 2.24) is 24.7 Å². The molecule has 3 aliphatic rings. The Morgan fingerprint density at radius 2 is 1.77 bits per heavy atom. The summed E-state index contributed by atoms with van der Waals surface area (Å²) >= 11 is 0. The molecule has 4 heterocycles. The number of carbonyl (C=O) groups excluding carboxylic acids is 2. The lowest BCUT2D eigenvalue weighted by atomic mass is 10.0. The number of fused-ring (bicyclic) bond motifs is 1. The lowest BCUT2D eigenvalue weighted by molar-refractivity contribution is 0.0703. The molecule has 3 aromatic rings. The molecule has 9 heteroatoms. The number of nitrogens with zero attached hydrogens (tertiary/aromatic N) is 6. The first-order valence-electron chi connectivity index (χ1n) is 12.6. The van der Waals surface area contributed by atoms with Gasteiger partial charge in [-0.15, -0.1) is 0 Å². The van der Waals surface area contributed by atoms with Crippen LogP contribution in [0, 0.1) is 0 Å². The zero-order chi connectivity index (χ0) is 23.9. The lowest BCUT2D eigenvalue weighted by Crippen LogP contribution is -2.49. The van der Waals surface area contributed by atoms with Crippen LogP contribution in [0.3, 0.4) is 0 Å². The Kier molecular flexibility index (Phi) is 5.54. The highest BCUT2D eigenvalue weighted by molar-refractivity contribution is 5.95. The number of hydrogen-bond donors (Lipinski definition) is 0. The monoisotopic (exact) mass is 474 g/mol. The van der Waals surface area contributed by atoms with Crippen LogP contribution >= 0.6 is 0 Å². The van der Waals surface area contributed by atoms with Gasteiger partial charge in [0.05, 0.1) is 6.54 Å². The molecule has 0 bridgehead atoms. The normalized spacial score (nSPS) is 18.0. The van der Waals surface area contributed by atoms with Crippen molar-refractivity contribution in [3.63, 3.8) is 0 Å². The molecule has 0 spiro atoms. The van der Waals surface area contributed by atoms with Gasteiger partial charge in [0.2, 0.25) is 0 Å². The zero-order valence-corrected chi connectivity index (χ0v) is 20.0. The lowest BCUT2D eigenvalue weighted by Gasteiger charge is -2.36. The molecule has 182 valence electrons. The highest BCUT2D eigenvalue weighted by Gasteiger charge is 2.35. The minimum absolute atomic E-state index is 0.0482. The van der Waals surface area contributed by atoms with Crippen LogP contribution in [0.25, 0.3) is 0 Å². The number of para-hydroxylation sites is 1. The number of benzene rings is 1. The first-order chi connectivity index (χ1) is 17.1. The van der Waals surface area contributed by atoms with E-state index in [-0.39, 0.29) is 11.8 Å². The van der Waals surface area contributed by atoms with Gasteiger partial charge in [-0.05, 0) is 31.9 Å².